The Kier molecular flexibility index (Phi) is 5.01. The summed E-state index contributed by atoms with van der Waals surface area (Å²) < 4.78 is 0. The highest BCUT2D eigenvalue weighted by Crippen LogP contribution is 2.24. The van der Waals surface area contributed by atoms with Crippen molar-refractivity contribution in [1.82, 2.24) is 15.1 Å². The van der Waals surface area contributed by atoms with Gasteiger partial charge in [0.1, 0.15) is 0 Å². The molecule has 2 heterocycles. The van der Waals surface area contributed by atoms with Gasteiger partial charge in [-0.25, -0.2) is 0 Å². The van der Waals surface area contributed by atoms with E-state index in [4.69, 9.17) is 0 Å². The zero-order valence-corrected chi connectivity index (χ0v) is 11.8. The van der Waals surface area contributed by atoms with Crippen LogP contribution in [-0.2, 0) is 4.79 Å². The third kappa shape index (κ3) is 3.45. The van der Waals surface area contributed by atoms with Crippen LogP contribution in [0.2, 0.25) is 0 Å². The fourth-order valence-corrected chi connectivity index (χ4v) is 3.28. The van der Waals surface area contributed by atoms with Crippen molar-refractivity contribution >= 4 is 5.91 Å². The van der Waals surface area contributed by atoms with Crippen molar-refractivity contribution in [1.29, 1.82) is 0 Å². The molecule has 0 bridgehead atoms. The van der Waals surface area contributed by atoms with Crippen LogP contribution in [0, 0.1) is 0 Å². The van der Waals surface area contributed by atoms with Crippen molar-refractivity contribution in [3.63, 3.8) is 0 Å². The van der Waals surface area contributed by atoms with Crippen molar-refractivity contribution in [3.8, 4) is 0 Å². The van der Waals surface area contributed by atoms with E-state index in [1.165, 1.54) is 38.8 Å². The number of nitrogens with one attached hydrogen (secondary N) is 1. The predicted molar refractivity (Wildman–Crippen MR) is 73.5 cm³/mol. The molecule has 4 heteroatoms. The molecule has 0 radical (unpaired) electrons. The van der Waals surface area contributed by atoms with Crippen LogP contribution < -0.4 is 5.32 Å². The molecule has 2 unspecified atom stereocenters. The molecule has 2 aliphatic rings. The minimum absolute atomic E-state index is 0.254. The van der Waals surface area contributed by atoms with Crippen molar-refractivity contribution in [2.24, 2.45) is 0 Å². The molecule has 104 valence electrons. The number of likely N-dealkylation sites (tertiary alicyclic amines) is 1. The van der Waals surface area contributed by atoms with Gasteiger partial charge in [0, 0.05) is 32.6 Å². The molecule has 2 rings (SSSR count). The summed E-state index contributed by atoms with van der Waals surface area (Å²) in [6.07, 6.45) is 7.00. The van der Waals surface area contributed by atoms with Crippen molar-refractivity contribution in [3.05, 3.63) is 0 Å². The van der Waals surface area contributed by atoms with Crippen LogP contribution in [0.3, 0.4) is 0 Å². The second-order valence-electron chi connectivity index (χ2n) is 5.84. The quantitative estimate of drug-likeness (QED) is 0.796. The topological polar surface area (TPSA) is 35.6 Å². The van der Waals surface area contributed by atoms with Gasteiger partial charge in [-0.1, -0.05) is 0 Å². The van der Waals surface area contributed by atoms with Gasteiger partial charge < -0.3 is 10.2 Å². The molecule has 2 fully saturated rings. The summed E-state index contributed by atoms with van der Waals surface area (Å²) in [6, 6.07) is 1.43. The Balaban J connectivity index is 1.72. The third-order valence-electron chi connectivity index (χ3n) is 4.31. The Bertz CT molecular complexity index is 274. The number of rotatable bonds is 5. The van der Waals surface area contributed by atoms with Gasteiger partial charge in [0.05, 0.1) is 0 Å². The summed E-state index contributed by atoms with van der Waals surface area (Å²) in [7, 11) is 3.67. The zero-order valence-electron chi connectivity index (χ0n) is 11.8. The summed E-state index contributed by atoms with van der Waals surface area (Å²) in [5.41, 5.74) is 0. The highest BCUT2D eigenvalue weighted by Gasteiger charge is 2.32. The molecule has 0 saturated carbocycles. The standard InChI is InChI=1S/C14H27N3O/c1-16(2)14(18)8-5-11-17-10-4-7-13(17)12-6-3-9-15-12/h12-13,15H,3-11H2,1-2H3. The second kappa shape index (κ2) is 6.53. The number of hydrogen-bond donors (Lipinski definition) is 1. The Labute approximate surface area is 111 Å². The van der Waals surface area contributed by atoms with E-state index in [0.717, 1.165) is 19.0 Å². The number of carbonyl (C=O) groups is 1. The summed E-state index contributed by atoms with van der Waals surface area (Å²) >= 11 is 0. The molecule has 4 nitrogen and oxygen atoms in total. The number of hydrogen-bond acceptors (Lipinski definition) is 3. The first-order chi connectivity index (χ1) is 8.68. The molecule has 1 amide bonds. The fraction of sp³-hybridized carbons (Fsp3) is 0.929. The van der Waals surface area contributed by atoms with E-state index in [-0.39, 0.29) is 5.91 Å². The third-order valence-corrected chi connectivity index (χ3v) is 4.31. The summed E-state index contributed by atoms with van der Waals surface area (Å²) in [4.78, 5) is 15.8. The number of nitrogens with zero attached hydrogens (tertiary/aromatic N) is 2. The molecule has 1 N–H and O–H groups in total. The van der Waals surface area contributed by atoms with Gasteiger partial charge >= 0.3 is 0 Å². The van der Waals surface area contributed by atoms with Crippen LogP contribution >= 0.6 is 0 Å². The molecular formula is C14H27N3O. The maximum absolute atomic E-state index is 11.5. The van der Waals surface area contributed by atoms with Gasteiger partial charge in [0.15, 0.2) is 0 Å². The van der Waals surface area contributed by atoms with Gasteiger partial charge in [-0.2, -0.15) is 0 Å². The second-order valence-corrected chi connectivity index (χ2v) is 5.84. The summed E-state index contributed by atoms with van der Waals surface area (Å²) in [5, 5.41) is 3.63. The normalized spacial score (nSPS) is 28.8. The van der Waals surface area contributed by atoms with E-state index in [1.807, 2.05) is 14.1 Å². The molecule has 2 atom stereocenters. The van der Waals surface area contributed by atoms with E-state index in [9.17, 15) is 4.79 Å². The minimum Gasteiger partial charge on any atom is -0.349 e. The molecule has 0 spiro atoms. The SMILES string of the molecule is CN(C)C(=O)CCCN1CCCC1C1CCCN1. The number of carbonyl (C=O) groups excluding carboxylic acids is 1. The zero-order chi connectivity index (χ0) is 13.0. The molecule has 0 aromatic carbocycles. The Morgan fingerprint density at radius 2 is 2.17 bits per heavy atom. The van der Waals surface area contributed by atoms with Crippen molar-refractivity contribution in [2.45, 2.75) is 50.6 Å². The maximum atomic E-state index is 11.5. The molecule has 0 aromatic heterocycles. The van der Waals surface area contributed by atoms with E-state index >= 15 is 0 Å². The average Bonchev–Trinajstić information content (AvgIpc) is 2.98. The molecule has 2 aliphatic heterocycles. The van der Waals surface area contributed by atoms with Crippen LogP contribution in [0.5, 0.6) is 0 Å². The highest BCUT2D eigenvalue weighted by molar-refractivity contribution is 5.75. The van der Waals surface area contributed by atoms with Crippen LogP contribution in [0.4, 0.5) is 0 Å². The monoisotopic (exact) mass is 253 g/mol. The lowest BCUT2D eigenvalue weighted by molar-refractivity contribution is -0.128. The summed E-state index contributed by atoms with van der Waals surface area (Å²) in [5.74, 6) is 0.254. The van der Waals surface area contributed by atoms with Gasteiger partial charge in [0.25, 0.3) is 0 Å². The average molecular weight is 253 g/mol. The molecular weight excluding hydrogens is 226 g/mol. The van der Waals surface area contributed by atoms with Crippen LogP contribution in [0.25, 0.3) is 0 Å². The number of amides is 1. The lowest BCUT2D eigenvalue weighted by Crippen LogP contribution is -2.44. The van der Waals surface area contributed by atoms with Crippen molar-refractivity contribution < 1.29 is 4.79 Å². The maximum Gasteiger partial charge on any atom is 0.222 e. The first-order valence-corrected chi connectivity index (χ1v) is 7.36. The molecule has 18 heavy (non-hydrogen) atoms. The highest BCUT2D eigenvalue weighted by atomic mass is 16.2. The first-order valence-electron chi connectivity index (χ1n) is 7.36. The van der Waals surface area contributed by atoms with E-state index in [0.29, 0.717) is 12.5 Å². The van der Waals surface area contributed by atoms with Gasteiger partial charge in [-0.3, -0.25) is 9.69 Å². The van der Waals surface area contributed by atoms with E-state index in [2.05, 4.69) is 10.2 Å². The Morgan fingerprint density at radius 3 is 2.83 bits per heavy atom. The van der Waals surface area contributed by atoms with Crippen LogP contribution in [0.1, 0.15) is 38.5 Å². The van der Waals surface area contributed by atoms with Crippen LogP contribution in [-0.4, -0.2) is 61.5 Å². The van der Waals surface area contributed by atoms with Crippen LogP contribution in [0.15, 0.2) is 0 Å². The Hall–Kier alpha value is -0.610. The van der Waals surface area contributed by atoms with E-state index in [1.54, 1.807) is 4.90 Å². The molecule has 0 aromatic rings. The van der Waals surface area contributed by atoms with E-state index < -0.39 is 0 Å². The smallest absolute Gasteiger partial charge is 0.222 e. The fourth-order valence-electron chi connectivity index (χ4n) is 3.28. The molecule has 2 saturated heterocycles. The molecule has 0 aliphatic carbocycles. The lowest BCUT2D eigenvalue weighted by atomic mass is 10.0. The first kappa shape index (κ1) is 13.8. The van der Waals surface area contributed by atoms with Gasteiger partial charge in [0.2, 0.25) is 5.91 Å². The predicted octanol–water partition coefficient (Wildman–Crippen LogP) is 1.07. The van der Waals surface area contributed by atoms with Gasteiger partial charge in [-0.05, 0) is 51.7 Å². The summed E-state index contributed by atoms with van der Waals surface area (Å²) in [6.45, 7) is 3.50. The van der Waals surface area contributed by atoms with Gasteiger partial charge in [-0.15, -0.1) is 0 Å². The Morgan fingerprint density at radius 1 is 1.33 bits per heavy atom. The van der Waals surface area contributed by atoms with Crippen molar-refractivity contribution in [2.75, 3.05) is 33.7 Å². The largest absolute Gasteiger partial charge is 0.349 e. The minimum atomic E-state index is 0.254. The lowest BCUT2D eigenvalue weighted by Gasteiger charge is -2.29.